The van der Waals surface area contributed by atoms with Gasteiger partial charge in [-0.15, -0.1) is 6.58 Å². The molecule has 1 N–H and O–H groups in total. The van der Waals surface area contributed by atoms with E-state index in [2.05, 4.69) is 25.7 Å². The molecule has 0 rings (SSSR count). The Morgan fingerprint density at radius 2 is 1.18 bits per heavy atom. The van der Waals surface area contributed by atoms with Gasteiger partial charge in [0.15, 0.2) is 0 Å². The van der Waals surface area contributed by atoms with Crippen LogP contribution >= 0.6 is 0 Å². The molecule has 0 spiro atoms. The Balaban J connectivity index is 3.09. The lowest BCUT2D eigenvalue weighted by atomic mass is 10.1. The van der Waals surface area contributed by atoms with Gasteiger partial charge in [-0.2, -0.15) is 0 Å². The summed E-state index contributed by atoms with van der Waals surface area (Å²) in [5.74, 6) is 0. The molecule has 0 bridgehead atoms. The van der Waals surface area contributed by atoms with E-state index in [9.17, 15) is 5.11 Å². The molecule has 0 aliphatic carbocycles. The summed E-state index contributed by atoms with van der Waals surface area (Å²) < 4.78 is 0. The van der Waals surface area contributed by atoms with Crippen molar-refractivity contribution in [3.63, 3.8) is 0 Å². The fourth-order valence-corrected chi connectivity index (χ4v) is 2.72. The Morgan fingerprint density at radius 1 is 0.727 bits per heavy atom. The summed E-state index contributed by atoms with van der Waals surface area (Å²) in [5, 5.41) is 9.35. The molecular weight excluding hydrogens is 268 g/mol. The largest absolute Gasteiger partial charge is 0.389 e. The van der Waals surface area contributed by atoms with Gasteiger partial charge in [-0.1, -0.05) is 89.4 Å². The standard InChI is InChI=1S/C21H40O/c1-3-5-6-7-8-9-10-11-12-13-14-15-16-17-18-19-20-21(22)4-2/h4,11-12,21-22H,2-3,5-10,13-20H2,1H3/b12-11-. The third-order valence-corrected chi connectivity index (χ3v) is 4.28. The number of rotatable bonds is 17. The van der Waals surface area contributed by atoms with E-state index in [1.54, 1.807) is 6.08 Å². The first-order valence-corrected chi connectivity index (χ1v) is 9.76. The monoisotopic (exact) mass is 308 g/mol. The second-order valence-electron chi connectivity index (χ2n) is 6.53. The van der Waals surface area contributed by atoms with Crippen LogP contribution in [0.3, 0.4) is 0 Å². The fraction of sp³-hybridized carbons (Fsp3) is 0.810. The minimum absolute atomic E-state index is 0.295. The number of aliphatic hydroxyl groups excluding tert-OH is 1. The van der Waals surface area contributed by atoms with Crippen molar-refractivity contribution < 1.29 is 5.11 Å². The second-order valence-corrected chi connectivity index (χ2v) is 6.53. The molecule has 0 aliphatic rings. The molecule has 22 heavy (non-hydrogen) atoms. The Bertz CT molecular complexity index is 244. The fourth-order valence-electron chi connectivity index (χ4n) is 2.72. The van der Waals surface area contributed by atoms with Crippen LogP contribution in [-0.2, 0) is 0 Å². The van der Waals surface area contributed by atoms with Gasteiger partial charge in [0.25, 0.3) is 0 Å². The van der Waals surface area contributed by atoms with Crippen molar-refractivity contribution in [2.45, 2.75) is 109 Å². The van der Waals surface area contributed by atoms with Gasteiger partial charge in [-0.05, 0) is 32.1 Å². The highest BCUT2D eigenvalue weighted by atomic mass is 16.3. The molecule has 130 valence electrons. The summed E-state index contributed by atoms with van der Waals surface area (Å²) in [6, 6.07) is 0. The van der Waals surface area contributed by atoms with Gasteiger partial charge in [0.1, 0.15) is 0 Å². The zero-order valence-electron chi connectivity index (χ0n) is 15.1. The van der Waals surface area contributed by atoms with E-state index in [4.69, 9.17) is 0 Å². The van der Waals surface area contributed by atoms with E-state index in [0.717, 1.165) is 12.8 Å². The van der Waals surface area contributed by atoms with E-state index < -0.39 is 0 Å². The molecule has 1 nitrogen and oxygen atoms in total. The van der Waals surface area contributed by atoms with Gasteiger partial charge < -0.3 is 5.11 Å². The number of aliphatic hydroxyl groups is 1. The molecule has 0 aromatic rings. The Labute approximate surface area is 139 Å². The molecule has 0 amide bonds. The van der Waals surface area contributed by atoms with Crippen LogP contribution in [0.25, 0.3) is 0 Å². The van der Waals surface area contributed by atoms with Crippen LogP contribution in [0, 0.1) is 0 Å². The minimum Gasteiger partial charge on any atom is -0.389 e. The summed E-state index contributed by atoms with van der Waals surface area (Å²) in [6.07, 6.45) is 25.6. The normalized spacial score (nSPS) is 12.8. The van der Waals surface area contributed by atoms with Crippen molar-refractivity contribution >= 4 is 0 Å². The highest BCUT2D eigenvalue weighted by molar-refractivity contribution is 4.81. The molecular formula is C21H40O. The predicted octanol–water partition coefficient (Wildman–Crippen LogP) is 6.96. The van der Waals surface area contributed by atoms with Gasteiger partial charge in [0.2, 0.25) is 0 Å². The van der Waals surface area contributed by atoms with Crippen LogP contribution < -0.4 is 0 Å². The van der Waals surface area contributed by atoms with Crippen LogP contribution in [0.5, 0.6) is 0 Å². The molecule has 0 saturated carbocycles. The van der Waals surface area contributed by atoms with Crippen molar-refractivity contribution in [2.24, 2.45) is 0 Å². The zero-order valence-corrected chi connectivity index (χ0v) is 15.1. The predicted molar refractivity (Wildman–Crippen MR) is 100 cm³/mol. The summed E-state index contributed by atoms with van der Waals surface area (Å²) in [4.78, 5) is 0. The first-order chi connectivity index (χ1) is 10.8. The maximum absolute atomic E-state index is 9.35. The summed E-state index contributed by atoms with van der Waals surface area (Å²) in [6.45, 7) is 5.87. The molecule has 0 heterocycles. The SMILES string of the molecule is C=CC(O)CCCCCCCC/C=C\CCCCCCCC. The summed E-state index contributed by atoms with van der Waals surface area (Å²) >= 11 is 0. The van der Waals surface area contributed by atoms with Crippen LogP contribution in [-0.4, -0.2) is 11.2 Å². The quantitative estimate of drug-likeness (QED) is 0.227. The van der Waals surface area contributed by atoms with Crippen molar-refractivity contribution in [1.82, 2.24) is 0 Å². The molecule has 1 atom stereocenters. The van der Waals surface area contributed by atoms with E-state index >= 15 is 0 Å². The van der Waals surface area contributed by atoms with Crippen molar-refractivity contribution in [1.29, 1.82) is 0 Å². The molecule has 0 saturated heterocycles. The number of hydrogen-bond donors (Lipinski definition) is 1. The van der Waals surface area contributed by atoms with Gasteiger partial charge in [0, 0.05) is 0 Å². The topological polar surface area (TPSA) is 20.2 Å². The lowest BCUT2D eigenvalue weighted by Crippen LogP contribution is -2.00. The second kappa shape index (κ2) is 18.5. The maximum atomic E-state index is 9.35. The van der Waals surface area contributed by atoms with Crippen molar-refractivity contribution in [3.05, 3.63) is 24.8 Å². The molecule has 0 fully saturated rings. The Hall–Kier alpha value is -0.560. The third kappa shape index (κ3) is 17.5. The molecule has 1 heteroatoms. The lowest BCUT2D eigenvalue weighted by molar-refractivity contribution is 0.208. The van der Waals surface area contributed by atoms with E-state index in [-0.39, 0.29) is 6.10 Å². The van der Waals surface area contributed by atoms with Gasteiger partial charge in [-0.25, -0.2) is 0 Å². The van der Waals surface area contributed by atoms with Crippen molar-refractivity contribution in [3.8, 4) is 0 Å². The van der Waals surface area contributed by atoms with E-state index in [1.807, 2.05) is 0 Å². The van der Waals surface area contributed by atoms with E-state index in [1.165, 1.54) is 83.5 Å². The lowest BCUT2D eigenvalue weighted by Gasteiger charge is -2.04. The Morgan fingerprint density at radius 3 is 1.68 bits per heavy atom. The van der Waals surface area contributed by atoms with Gasteiger partial charge in [0.05, 0.1) is 6.10 Å². The van der Waals surface area contributed by atoms with Crippen LogP contribution in [0.1, 0.15) is 103 Å². The average Bonchev–Trinajstić information content (AvgIpc) is 2.54. The molecule has 1 unspecified atom stereocenters. The maximum Gasteiger partial charge on any atom is 0.0718 e. The van der Waals surface area contributed by atoms with Crippen LogP contribution in [0.15, 0.2) is 24.8 Å². The van der Waals surface area contributed by atoms with Gasteiger partial charge in [-0.3, -0.25) is 0 Å². The highest BCUT2D eigenvalue weighted by Gasteiger charge is 1.97. The number of unbranched alkanes of at least 4 members (excludes halogenated alkanes) is 12. The zero-order chi connectivity index (χ0) is 16.3. The minimum atomic E-state index is -0.295. The summed E-state index contributed by atoms with van der Waals surface area (Å²) in [5.41, 5.74) is 0. The number of hydrogen-bond acceptors (Lipinski definition) is 1. The molecule has 0 aromatic carbocycles. The average molecular weight is 309 g/mol. The summed E-state index contributed by atoms with van der Waals surface area (Å²) in [7, 11) is 0. The van der Waals surface area contributed by atoms with Crippen LogP contribution in [0.2, 0.25) is 0 Å². The van der Waals surface area contributed by atoms with Crippen LogP contribution in [0.4, 0.5) is 0 Å². The molecule has 0 aromatic heterocycles. The smallest absolute Gasteiger partial charge is 0.0718 e. The molecule has 0 radical (unpaired) electrons. The number of allylic oxidation sites excluding steroid dienone is 2. The third-order valence-electron chi connectivity index (χ3n) is 4.28. The van der Waals surface area contributed by atoms with E-state index in [0.29, 0.717) is 0 Å². The first-order valence-electron chi connectivity index (χ1n) is 9.76. The molecule has 0 aliphatic heterocycles. The van der Waals surface area contributed by atoms with Gasteiger partial charge >= 0.3 is 0 Å². The highest BCUT2D eigenvalue weighted by Crippen LogP contribution is 2.11. The van der Waals surface area contributed by atoms with Crippen molar-refractivity contribution in [2.75, 3.05) is 0 Å². The Kier molecular flexibility index (Phi) is 18.0. The first kappa shape index (κ1) is 21.4.